The molecule has 0 fully saturated rings. The van der Waals surface area contributed by atoms with E-state index in [0.717, 1.165) is 50.0 Å². The first-order valence-electron chi connectivity index (χ1n) is 12.2. The summed E-state index contributed by atoms with van der Waals surface area (Å²) in [6, 6.07) is 13.5. The van der Waals surface area contributed by atoms with Crippen LogP contribution in [0.3, 0.4) is 0 Å². The molecule has 0 unspecified atom stereocenters. The highest BCUT2D eigenvalue weighted by Gasteiger charge is 2.21. The lowest BCUT2D eigenvalue weighted by molar-refractivity contribution is -0.111. The standard InChI is InChI=1S/C31H33NO5/c1-8-36-30-21(5)31-26(27(17-37-31)25-15-23(34-6)11-12-28(25)35-7)16-24(30)20(4)14-29(33)32-22-10-9-18(2)19(3)13-22/h9-17H,8H2,1-7H3,(H,32,33)/b20-14+. The molecule has 0 bridgehead atoms. The van der Waals surface area contributed by atoms with Gasteiger partial charge in [-0.1, -0.05) is 6.07 Å². The number of anilines is 1. The Morgan fingerprint density at radius 3 is 2.43 bits per heavy atom. The van der Waals surface area contributed by atoms with Gasteiger partial charge >= 0.3 is 0 Å². The maximum absolute atomic E-state index is 12.9. The van der Waals surface area contributed by atoms with Crippen molar-refractivity contribution in [1.29, 1.82) is 0 Å². The van der Waals surface area contributed by atoms with Crippen molar-refractivity contribution < 1.29 is 23.4 Å². The zero-order chi connectivity index (χ0) is 26.7. The summed E-state index contributed by atoms with van der Waals surface area (Å²) in [6.07, 6.45) is 3.32. The maximum atomic E-state index is 12.9. The van der Waals surface area contributed by atoms with Crippen molar-refractivity contribution in [3.63, 3.8) is 0 Å². The van der Waals surface area contributed by atoms with Gasteiger partial charge in [0.15, 0.2) is 0 Å². The van der Waals surface area contributed by atoms with Gasteiger partial charge in [0.1, 0.15) is 22.8 Å². The molecule has 4 rings (SSSR count). The van der Waals surface area contributed by atoms with E-state index in [9.17, 15) is 4.79 Å². The molecule has 0 aliphatic heterocycles. The summed E-state index contributed by atoms with van der Waals surface area (Å²) < 4.78 is 23.2. The van der Waals surface area contributed by atoms with Crippen LogP contribution < -0.4 is 19.5 Å². The number of rotatable bonds is 8. The lowest BCUT2D eigenvalue weighted by atomic mass is 9.96. The zero-order valence-corrected chi connectivity index (χ0v) is 22.4. The third-order valence-corrected chi connectivity index (χ3v) is 6.58. The van der Waals surface area contributed by atoms with Gasteiger partial charge in [-0.15, -0.1) is 0 Å². The average Bonchev–Trinajstić information content (AvgIpc) is 3.31. The molecule has 0 radical (unpaired) electrons. The molecule has 0 spiro atoms. The first-order chi connectivity index (χ1) is 17.8. The van der Waals surface area contributed by atoms with Gasteiger partial charge in [-0.05, 0) is 87.7 Å². The van der Waals surface area contributed by atoms with Gasteiger partial charge in [0, 0.05) is 39.4 Å². The van der Waals surface area contributed by atoms with Crippen LogP contribution >= 0.6 is 0 Å². The Balaban J connectivity index is 1.81. The molecular weight excluding hydrogens is 466 g/mol. The molecule has 1 heterocycles. The first kappa shape index (κ1) is 25.9. The number of allylic oxidation sites excluding steroid dienone is 1. The summed E-state index contributed by atoms with van der Waals surface area (Å²) in [4.78, 5) is 12.9. The molecule has 3 aromatic carbocycles. The van der Waals surface area contributed by atoms with Crippen LogP contribution in [0.1, 0.15) is 36.1 Å². The number of aryl methyl sites for hydroxylation is 3. The normalized spacial score (nSPS) is 11.5. The van der Waals surface area contributed by atoms with Crippen molar-refractivity contribution in [2.24, 2.45) is 0 Å². The van der Waals surface area contributed by atoms with Crippen LogP contribution in [0.2, 0.25) is 0 Å². The minimum Gasteiger partial charge on any atom is -0.497 e. The lowest BCUT2D eigenvalue weighted by Crippen LogP contribution is -2.09. The monoisotopic (exact) mass is 499 g/mol. The Morgan fingerprint density at radius 1 is 0.973 bits per heavy atom. The fourth-order valence-electron chi connectivity index (χ4n) is 4.44. The molecule has 192 valence electrons. The number of furan rings is 1. The minimum atomic E-state index is -0.206. The van der Waals surface area contributed by atoms with E-state index in [0.29, 0.717) is 23.9 Å². The van der Waals surface area contributed by atoms with Crippen LogP contribution in [-0.2, 0) is 4.79 Å². The van der Waals surface area contributed by atoms with Gasteiger partial charge in [-0.3, -0.25) is 4.79 Å². The number of benzene rings is 3. The predicted octanol–water partition coefficient (Wildman–Crippen LogP) is 7.48. The Bertz CT molecular complexity index is 1500. The number of fused-ring (bicyclic) bond motifs is 1. The van der Waals surface area contributed by atoms with E-state index in [2.05, 4.69) is 5.32 Å². The van der Waals surface area contributed by atoms with E-state index >= 15 is 0 Å². The zero-order valence-electron chi connectivity index (χ0n) is 22.4. The van der Waals surface area contributed by atoms with Crippen molar-refractivity contribution >= 4 is 28.1 Å². The molecule has 0 saturated heterocycles. The quantitative estimate of drug-likeness (QED) is 0.254. The predicted molar refractivity (Wildman–Crippen MR) is 149 cm³/mol. The third kappa shape index (κ3) is 5.19. The highest BCUT2D eigenvalue weighted by atomic mass is 16.5. The summed E-state index contributed by atoms with van der Waals surface area (Å²) in [5.74, 6) is 1.91. The van der Waals surface area contributed by atoms with Gasteiger partial charge in [0.05, 0.1) is 27.1 Å². The number of amides is 1. The van der Waals surface area contributed by atoms with E-state index in [1.807, 2.05) is 77.1 Å². The molecule has 37 heavy (non-hydrogen) atoms. The topological polar surface area (TPSA) is 69.9 Å². The Morgan fingerprint density at radius 2 is 1.76 bits per heavy atom. The van der Waals surface area contributed by atoms with E-state index in [-0.39, 0.29) is 5.91 Å². The van der Waals surface area contributed by atoms with E-state index < -0.39 is 0 Å². The third-order valence-electron chi connectivity index (χ3n) is 6.58. The summed E-state index contributed by atoms with van der Waals surface area (Å²) >= 11 is 0. The summed E-state index contributed by atoms with van der Waals surface area (Å²) in [6.45, 7) is 10.4. The Hall–Kier alpha value is -4.19. The molecule has 0 atom stereocenters. The largest absolute Gasteiger partial charge is 0.497 e. The van der Waals surface area contributed by atoms with Crippen LogP contribution in [0.5, 0.6) is 17.2 Å². The summed E-state index contributed by atoms with van der Waals surface area (Å²) in [5, 5.41) is 3.86. The van der Waals surface area contributed by atoms with Crippen LogP contribution in [-0.4, -0.2) is 26.7 Å². The molecular formula is C31H33NO5. The van der Waals surface area contributed by atoms with Gasteiger partial charge in [-0.2, -0.15) is 0 Å². The van der Waals surface area contributed by atoms with Crippen LogP contribution in [0.25, 0.3) is 27.7 Å². The van der Waals surface area contributed by atoms with Crippen molar-refractivity contribution in [3.8, 4) is 28.4 Å². The first-order valence-corrected chi connectivity index (χ1v) is 12.2. The highest BCUT2D eigenvalue weighted by molar-refractivity contribution is 6.06. The Labute approximate surface area is 217 Å². The molecule has 4 aromatic rings. The van der Waals surface area contributed by atoms with E-state index in [4.69, 9.17) is 18.6 Å². The van der Waals surface area contributed by atoms with Crippen molar-refractivity contribution in [2.75, 3.05) is 26.1 Å². The van der Waals surface area contributed by atoms with E-state index in [1.54, 1.807) is 26.6 Å². The van der Waals surface area contributed by atoms with Gasteiger partial charge in [-0.25, -0.2) is 0 Å². The molecule has 1 amide bonds. The molecule has 1 aromatic heterocycles. The molecule has 1 N–H and O–H groups in total. The average molecular weight is 500 g/mol. The van der Waals surface area contributed by atoms with Crippen LogP contribution in [0.4, 0.5) is 5.69 Å². The SMILES string of the molecule is CCOc1c(/C(C)=C/C(=O)Nc2ccc(C)c(C)c2)cc2c(-c3cc(OC)ccc3OC)coc2c1C. The second-order valence-electron chi connectivity index (χ2n) is 9.02. The highest BCUT2D eigenvalue weighted by Crippen LogP contribution is 2.43. The molecule has 0 aliphatic rings. The maximum Gasteiger partial charge on any atom is 0.248 e. The van der Waals surface area contributed by atoms with Crippen LogP contribution in [0, 0.1) is 20.8 Å². The minimum absolute atomic E-state index is 0.206. The Kier molecular flexibility index (Phi) is 7.58. The summed E-state index contributed by atoms with van der Waals surface area (Å²) in [5.41, 5.74) is 7.97. The van der Waals surface area contributed by atoms with Gasteiger partial charge < -0.3 is 23.9 Å². The smallest absolute Gasteiger partial charge is 0.248 e. The lowest BCUT2D eigenvalue weighted by Gasteiger charge is -2.15. The number of carbonyl (C=O) groups excluding carboxylic acids is 1. The molecule has 0 aliphatic carbocycles. The second kappa shape index (κ2) is 10.8. The number of hydrogen-bond acceptors (Lipinski definition) is 5. The number of nitrogens with one attached hydrogen (secondary N) is 1. The van der Waals surface area contributed by atoms with Crippen LogP contribution in [0.15, 0.2) is 59.2 Å². The number of methoxy groups -OCH3 is 2. The second-order valence-corrected chi connectivity index (χ2v) is 9.02. The van der Waals surface area contributed by atoms with Gasteiger partial charge in [0.2, 0.25) is 5.91 Å². The fraction of sp³-hybridized carbons (Fsp3) is 0.258. The molecule has 6 nitrogen and oxygen atoms in total. The van der Waals surface area contributed by atoms with E-state index in [1.165, 1.54) is 5.56 Å². The molecule has 6 heteroatoms. The molecule has 0 saturated carbocycles. The fourth-order valence-corrected chi connectivity index (χ4v) is 4.44. The number of ether oxygens (including phenoxy) is 3. The van der Waals surface area contributed by atoms with Crippen molar-refractivity contribution in [3.05, 3.63) is 77.1 Å². The number of carbonyl (C=O) groups is 1. The summed E-state index contributed by atoms with van der Waals surface area (Å²) in [7, 11) is 3.27. The number of hydrogen-bond donors (Lipinski definition) is 1. The van der Waals surface area contributed by atoms with Crippen molar-refractivity contribution in [2.45, 2.75) is 34.6 Å². The van der Waals surface area contributed by atoms with Gasteiger partial charge in [0.25, 0.3) is 0 Å². The van der Waals surface area contributed by atoms with Crippen molar-refractivity contribution in [1.82, 2.24) is 0 Å².